The van der Waals surface area contributed by atoms with Gasteiger partial charge in [0.2, 0.25) is 0 Å². The van der Waals surface area contributed by atoms with Crippen molar-refractivity contribution in [3.63, 3.8) is 0 Å². The number of hydrogen-bond donors (Lipinski definition) is 1. The number of aromatic nitrogens is 1. The van der Waals surface area contributed by atoms with Crippen LogP contribution >= 0.6 is 0 Å². The Hall–Kier alpha value is -1.56. The summed E-state index contributed by atoms with van der Waals surface area (Å²) in [4.78, 5) is 14.7. The van der Waals surface area contributed by atoms with Crippen molar-refractivity contribution in [2.75, 3.05) is 7.11 Å². The molecule has 0 atom stereocenters. The molecule has 0 saturated carbocycles. The van der Waals surface area contributed by atoms with Gasteiger partial charge >= 0.3 is 5.97 Å². The van der Waals surface area contributed by atoms with E-state index in [1.54, 1.807) is 0 Å². The first-order chi connectivity index (χ1) is 7.11. The van der Waals surface area contributed by atoms with Gasteiger partial charge in [-0.2, -0.15) is 0 Å². The number of pyridine rings is 1. The normalized spacial score (nSPS) is 10.5. The third kappa shape index (κ3) is 2.27. The third-order valence-corrected chi connectivity index (χ3v) is 1.90. The zero-order chi connectivity index (χ0) is 11.4. The number of carbonyl (C=O) groups is 1. The molecule has 1 heterocycles. The highest BCUT2D eigenvalue weighted by Gasteiger charge is 2.23. The number of rotatable bonds is 3. The fraction of sp³-hybridized carbons (Fsp3) is 0.333. The molecule has 0 radical (unpaired) electrons. The number of hydrogen-bond acceptors (Lipinski definition) is 4. The second-order valence-corrected chi connectivity index (χ2v) is 2.73. The van der Waals surface area contributed by atoms with Crippen LogP contribution in [0.15, 0.2) is 12.3 Å². The molecule has 1 aromatic heterocycles. The topological polar surface area (TPSA) is 65.2 Å². The largest absolute Gasteiger partial charge is 0.464 e. The zero-order valence-corrected chi connectivity index (χ0v) is 8.04. The Morgan fingerprint density at radius 2 is 2.33 bits per heavy atom. The molecule has 0 aromatic carbocycles. The average molecular weight is 216 g/mol. The first-order valence-electron chi connectivity index (χ1n) is 4.16. The summed E-state index contributed by atoms with van der Waals surface area (Å²) in [6.45, 7) is -0.0772. The standard InChI is InChI=1S/C9H10F2N2O2/c1-15-9(14)7-6(8(10)11)5(4-12)2-3-13-7/h2-3,8H,4,12H2,1H3. The van der Waals surface area contributed by atoms with Crippen LogP contribution in [0.3, 0.4) is 0 Å². The van der Waals surface area contributed by atoms with E-state index in [1.165, 1.54) is 12.3 Å². The summed E-state index contributed by atoms with van der Waals surface area (Å²) >= 11 is 0. The van der Waals surface area contributed by atoms with Crippen molar-refractivity contribution in [2.24, 2.45) is 5.73 Å². The van der Waals surface area contributed by atoms with Gasteiger partial charge in [-0.25, -0.2) is 18.6 Å². The van der Waals surface area contributed by atoms with Crippen LogP contribution in [0.5, 0.6) is 0 Å². The molecule has 1 aromatic rings. The van der Waals surface area contributed by atoms with Crippen molar-refractivity contribution < 1.29 is 18.3 Å². The summed E-state index contributed by atoms with van der Waals surface area (Å²) in [5.74, 6) is -0.888. The highest BCUT2D eigenvalue weighted by molar-refractivity contribution is 5.89. The Bertz CT molecular complexity index is 369. The number of halogens is 2. The van der Waals surface area contributed by atoms with Crippen LogP contribution in [0.4, 0.5) is 8.78 Å². The van der Waals surface area contributed by atoms with Crippen molar-refractivity contribution in [3.8, 4) is 0 Å². The Kier molecular flexibility index (Phi) is 3.68. The Morgan fingerprint density at radius 1 is 1.67 bits per heavy atom. The molecule has 0 fully saturated rings. The molecule has 6 heteroatoms. The monoisotopic (exact) mass is 216 g/mol. The molecular formula is C9H10F2N2O2. The van der Waals surface area contributed by atoms with Crippen molar-refractivity contribution >= 4 is 5.97 Å². The molecule has 82 valence electrons. The molecule has 4 nitrogen and oxygen atoms in total. The van der Waals surface area contributed by atoms with E-state index < -0.39 is 18.0 Å². The first-order valence-corrected chi connectivity index (χ1v) is 4.16. The lowest BCUT2D eigenvalue weighted by atomic mass is 10.1. The zero-order valence-electron chi connectivity index (χ0n) is 8.04. The summed E-state index contributed by atoms with van der Waals surface area (Å²) < 4.78 is 29.7. The second kappa shape index (κ2) is 4.79. The Labute approximate surface area is 85.1 Å². The van der Waals surface area contributed by atoms with Gasteiger partial charge in [0.25, 0.3) is 6.43 Å². The van der Waals surface area contributed by atoms with Crippen LogP contribution in [0.25, 0.3) is 0 Å². The second-order valence-electron chi connectivity index (χ2n) is 2.73. The summed E-state index contributed by atoms with van der Waals surface area (Å²) in [6.07, 6.45) is -1.55. The van der Waals surface area contributed by atoms with Gasteiger partial charge in [-0.3, -0.25) is 0 Å². The van der Waals surface area contributed by atoms with E-state index in [9.17, 15) is 13.6 Å². The average Bonchev–Trinajstić information content (AvgIpc) is 2.26. The van der Waals surface area contributed by atoms with Gasteiger partial charge in [0.15, 0.2) is 5.69 Å². The van der Waals surface area contributed by atoms with E-state index in [1.807, 2.05) is 0 Å². The minimum absolute atomic E-state index is 0.0772. The molecule has 1 rings (SSSR count). The van der Waals surface area contributed by atoms with E-state index in [0.717, 1.165) is 7.11 Å². The molecule has 2 N–H and O–H groups in total. The number of nitrogens with zero attached hydrogens (tertiary/aromatic N) is 1. The van der Waals surface area contributed by atoms with Crippen LogP contribution in [0.2, 0.25) is 0 Å². The third-order valence-electron chi connectivity index (χ3n) is 1.90. The maximum atomic E-state index is 12.7. The quantitative estimate of drug-likeness (QED) is 0.772. The number of methoxy groups -OCH3 is 1. The lowest BCUT2D eigenvalue weighted by Gasteiger charge is -2.10. The maximum absolute atomic E-state index is 12.7. The lowest BCUT2D eigenvalue weighted by molar-refractivity contribution is 0.0581. The molecule has 0 aliphatic rings. The molecule has 0 saturated heterocycles. The van der Waals surface area contributed by atoms with E-state index in [4.69, 9.17) is 5.73 Å². The number of ether oxygens (including phenoxy) is 1. The van der Waals surface area contributed by atoms with Crippen molar-refractivity contribution in [2.45, 2.75) is 13.0 Å². The van der Waals surface area contributed by atoms with Gasteiger partial charge < -0.3 is 10.5 Å². The fourth-order valence-electron chi connectivity index (χ4n) is 1.19. The van der Waals surface area contributed by atoms with Crippen molar-refractivity contribution in [3.05, 3.63) is 29.1 Å². The minimum Gasteiger partial charge on any atom is -0.464 e. The van der Waals surface area contributed by atoms with Gasteiger partial charge in [0.05, 0.1) is 12.7 Å². The molecule has 0 unspecified atom stereocenters. The van der Waals surface area contributed by atoms with Gasteiger partial charge in [-0.15, -0.1) is 0 Å². The van der Waals surface area contributed by atoms with Gasteiger partial charge in [-0.1, -0.05) is 0 Å². The van der Waals surface area contributed by atoms with Crippen LogP contribution in [0.1, 0.15) is 28.0 Å². The van der Waals surface area contributed by atoms with Crippen molar-refractivity contribution in [1.29, 1.82) is 0 Å². The molecular weight excluding hydrogens is 206 g/mol. The molecule has 0 bridgehead atoms. The predicted molar refractivity (Wildman–Crippen MR) is 48.4 cm³/mol. The maximum Gasteiger partial charge on any atom is 0.357 e. The number of alkyl halides is 2. The van der Waals surface area contributed by atoms with E-state index >= 15 is 0 Å². The van der Waals surface area contributed by atoms with Crippen LogP contribution < -0.4 is 5.73 Å². The lowest BCUT2D eigenvalue weighted by Crippen LogP contribution is -2.13. The summed E-state index contributed by atoms with van der Waals surface area (Å²) in [5.41, 5.74) is 4.65. The van der Waals surface area contributed by atoms with E-state index in [-0.39, 0.29) is 17.8 Å². The smallest absolute Gasteiger partial charge is 0.357 e. The number of nitrogens with two attached hydrogens (primary N) is 1. The fourth-order valence-corrected chi connectivity index (χ4v) is 1.19. The van der Waals surface area contributed by atoms with Gasteiger partial charge in [-0.05, 0) is 11.6 Å². The first kappa shape index (κ1) is 11.5. The summed E-state index contributed by atoms with van der Waals surface area (Å²) in [6, 6.07) is 1.36. The van der Waals surface area contributed by atoms with Crippen molar-refractivity contribution in [1.82, 2.24) is 4.98 Å². The van der Waals surface area contributed by atoms with Crippen LogP contribution in [0, 0.1) is 0 Å². The molecule has 0 aliphatic heterocycles. The highest BCUT2D eigenvalue weighted by atomic mass is 19.3. The van der Waals surface area contributed by atoms with Gasteiger partial charge in [0.1, 0.15) is 0 Å². The van der Waals surface area contributed by atoms with E-state index in [0.29, 0.717) is 0 Å². The molecule has 0 amide bonds. The SMILES string of the molecule is COC(=O)c1nccc(CN)c1C(F)F. The molecule has 0 spiro atoms. The highest BCUT2D eigenvalue weighted by Crippen LogP contribution is 2.25. The molecule has 15 heavy (non-hydrogen) atoms. The molecule has 0 aliphatic carbocycles. The van der Waals surface area contributed by atoms with E-state index in [2.05, 4.69) is 9.72 Å². The van der Waals surface area contributed by atoms with Crippen LogP contribution in [-0.4, -0.2) is 18.1 Å². The minimum atomic E-state index is -2.80. The summed E-state index contributed by atoms with van der Waals surface area (Å²) in [7, 11) is 1.11. The summed E-state index contributed by atoms with van der Waals surface area (Å²) in [5, 5.41) is 0. The predicted octanol–water partition coefficient (Wildman–Crippen LogP) is 1.26. The number of carbonyl (C=O) groups excluding carboxylic acids is 1. The van der Waals surface area contributed by atoms with Crippen LogP contribution in [-0.2, 0) is 11.3 Å². The number of esters is 1. The Balaban J connectivity index is 3.31. The van der Waals surface area contributed by atoms with Gasteiger partial charge in [0, 0.05) is 12.7 Å². The Morgan fingerprint density at radius 3 is 2.80 bits per heavy atom.